The molecule has 1 aliphatic rings. The van der Waals surface area contributed by atoms with Crippen molar-refractivity contribution >= 4 is 16.9 Å². The molecule has 4 rings (SSSR count). The van der Waals surface area contributed by atoms with E-state index in [4.69, 9.17) is 9.47 Å². The molecule has 2 aromatic carbocycles. The average Bonchev–Trinajstić information content (AvgIpc) is 2.68. The zero-order valence-electron chi connectivity index (χ0n) is 15.6. The van der Waals surface area contributed by atoms with Crippen molar-refractivity contribution in [2.75, 3.05) is 20.2 Å². The first-order chi connectivity index (χ1) is 13.0. The Hall–Kier alpha value is -3.15. The first-order valence-electron chi connectivity index (χ1n) is 8.90. The van der Waals surface area contributed by atoms with Crippen molar-refractivity contribution in [2.45, 2.75) is 20.0 Å². The molecule has 6 nitrogen and oxygen atoms in total. The molecule has 0 N–H and O–H groups in total. The van der Waals surface area contributed by atoms with Gasteiger partial charge in [0.1, 0.15) is 6.61 Å². The van der Waals surface area contributed by atoms with Crippen LogP contribution in [0.15, 0.2) is 42.5 Å². The maximum atomic E-state index is 12.8. The van der Waals surface area contributed by atoms with Crippen LogP contribution in [0.25, 0.3) is 11.0 Å². The molecule has 0 saturated carbocycles. The Bertz CT molecular complexity index is 1020. The van der Waals surface area contributed by atoms with Crippen molar-refractivity contribution in [3.05, 3.63) is 59.4 Å². The molecule has 0 unspecified atom stereocenters. The van der Waals surface area contributed by atoms with Gasteiger partial charge in [-0.25, -0.2) is 9.97 Å². The molecular weight excluding hydrogens is 342 g/mol. The Morgan fingerprint density at radius 3 is 2.56 bits per heavy atom. The summed E-state index contributed by atoms with van der Waals surface area (Å²) in [5, 5.41) is 0. The number of fused-ring (bicyclic) bond motifs is 2. The van der Waals surface area contributed by atoms with Crippen molar-refractivity contribution in [2.24, 2.45) is 0 Å². The summed E-state index contributed by atoms with van der Waals surface area (Å²) in [7, 11) is 1.77. The average molecular weight is 363 g/mol. The van der Waals surface area contributed by atoms with Crippen LogP contribution in [0.1, 0.15) is 21.7 Å². The lowest BCUT2D eigenvalue weighted by Crippen LogP contribution is -2.41. The van der Waals surface area contributed by atoms with Gasteiger partial charge in [0.25, 0.3) is 5.91 Å². The molecule has 0 radical (unpaired) electrons. The van der Waals surface area contributed by atoms with Gasteiger partial charge in [-0.05, 0) is 44.2 Å². The first-order valence-corrected chi connectivity index (χ1v) is 8.90. The van der Waals surface area contributed by atoms with Gasteiger partial charge in [-0.2, -0.15) is 0 Å². The summed E-state index contributed by atoms with van der Waals surface area (Å²) in [6, 6.07) is 13.0. The number of ether oxygens (including phenoxy) is 2. The van der Waals surface area contributed by atoms with Crippen LogP contribution >= 0.6 is 0 Å². The molecule has 0 saturated heterocycles. The molecule has 1 aliphatic heterocycles. The minimum atomic E-state index is -0.209. The van der Waals surface area contributed by atoms with Gasteiger partial charge in [-0.3, -0.25) is 4.79 Å². The number of hydrogen-bond acceptors (Lipinski definition) is 5. The smallest absolute Gasteiger partial charge is 0.253 e. The minimum Gasteiger partial charge on any atom is -0.486 e. The summed E-state index contributed by atoms with van der Waals surface area (Å²) >= 11 is 0. The number of nitrogens with zero attached hydrogens (tertiary/aromatic N) is 3. The van der Waals surface area contributed by atoms with E-state index in [1.807, 2.05) is 44.2 Å². The van der Waals surface area contributed by atoms with Gasteiger partial charge in [0.15, 0.2) is 17.6 Å². The second-order valence-electron chi connectivity index (χ2n) is 6.78. The Labute approximate surface area is 157 Å². The summed E-state index contributed by atoms with van der Waals surface area (Å²) in [6.45, 7) is 4.69. The van der Waals surface area contributed by atoms with Crippen molar-refractivity contribution in [1.82, 2.24) is 14.9 Å². The van der Waals surface area contributed by atoms with Gasteiger partial charge < -0.3 is 14.4 Å². The largest absolute Gasteiger partial charge is 0.486 e. The Morgan fingerprint density at radius 1 is 1.07 bits per heavy atom. The standard InChI is InChI=1S/C21H21N3O3/c1-13-14(2)23-18-10-15(8-9-17(18)22-13)21(25)24(3)11-16-12-26-19-6-4-5-7-20(19)27-16/h4-10,16H,11-12H2,1-3H3/t16-/m1/s1. The van der Waals surface area contributed by atoms with E-state index in [0.717, 1.165) is 28.2 Å². The molecule has 1 atom stereocenters. The Balaban J connectivity index is 1.49. The van der Waals surface area contributed by atoms with E-state index in [2.05, 4.69) is 9.97 Å². The fourth-order valence-electron chi connectivity index (χ4n) is 3.13. The number of carbonyl (C=O) groups is 1. The zero-order valence-corrected chi connectivity index (χ0v) is 15.6. The lowest BCUT2D eigenvalue weighted by Gasteiger charge is -2.29. The third kappa shape index (κ3) is 3.43. The summed E-state index contributed by atoms with van der Waals surface area (Å²) in [6.07, 6.45) is -0.209. The highest BCUT2D eigenvalue weighted by atomic mass is 16.6. The fraction of sp³-hybridized carbons (Fsp3) is 0.286. The van der Waals surface area contributed by atoms with Crippen LogP contribution in [0.2, 0.25) is 0 Å². The maximum absolute atomic E-state index is 12.8. The molecule has 0 fully saturated rings. The van der Waals surface area contributed by atoms with E-state index in [-0.39, 0.29) is 12.0 Å². The van der Waals surface area contributed by atoms with Gasteiger partial charge >= 0.3 is 0 Å². The highest BCUT2D eigenvalue weighted by Gasteiger charge is 2.24. The second-order valence-corrected chi connectivity index (χ2v) is 6.78. The molecule has 0 aliphatic carbocycles. The molecule has 6 heteroatoms. The van der Waals surface area contributed by atoms with Crippen molar-refractivity contribution in [1.29, 1.82) is 0 Å². The topological polar surface area (TPSA) is 64.6 Å². The van der Waals surface area contributed by atoms with Gasteiger partial charge in [0.05, 0.1) is 29.0 Å². The van der Waals surface area contributed by atoms with Crippen LogP contribution in [0, 0.1) is 13.8 Å². The molecule has 27 heavy (non-hydrogen) atoms. The Kier molecular flexibility index (Phi) is 4.39. The monoisotopic (exact) mass is 363 g/mol. The van der Waals surface area contributed by atoms with Crippen LogP contribution in [0.3, 0.4) is 0 Å². The Morgan fingerprint density at radius 2 is 1.78 bits per heavy atom. The number of para-hydroxylation sites is 2. The minimum absolute atomic E-state index is 0.0839. The summed E-state index contributed by atoms with van der Waals surface area (Å²) in [4.78, 5) is 23.5. The maximum Gasteiger partial charge on any atom is 0.253 e. The van der Waals surface area contributed by atoms with Crippen molar-refractivity contribution in [3.8, 4) is 11.5 Å². The number of carbonyl (C=O) groups excluding carboxylic acids is 1. The van der Waals surface area contributed by atoms with E-state index in [1.165, 1.54) is 0 Å². The third-order valence-corrected chi connectivity index (χ3v) is 4.71. The molecule has 3 aromatic rings. The number of benzene rings is 2. The normalized spacial score (nSPS) is 15.6. The first kappa shape index (κ1) is 17.3. The molecular formula is C21H21N3O3. The number of rotatable bonds is 3. The molecule has 1 aromatic heterocycles. The van der Waals surface area contributed by atoms with Crippen LogP contribution in [-0.4, -0.2) is 47.1 Å². The summed E-state index contributed by atoms with van der Waals surface area (Å²) in [5.74, 6) is 1.36. The molecule has 2 heterocycles. The van der Waals surface area contributed by atoms with E-state index in [9.17, 15) is 4.79 Å². The van der Waals surface area contributed by atoms with E-state index in [0.29, 0.717) is 24.5 Å². The van der Waals surface area contributed by atoms with Crippen LogP contribution in [-0.2, 0) is 0 Å². The van der Waals surface area contributed by atoms with Crippen LogP contribution < -0.4 is 9.47 Å². The van der Waals surface area contributed by atoms with E-state index in [1.54, 1.807) is 24.1 Å². The number of aromatic nitrogens is 2. The fourth-order valence-corrected chi connectivity index (χ4v) is 3.13. The quantitative estimate of drug-likeness (QED) is 0.715. The van der Waals surface area contributed by atoms with Gasteiger partial charge in [0, 0.05) is 12.6 Å². The van der Waals surface area contributed by atoms with Gasteiger partial charge in [-0.15, -0.1) is 0 Å². The number of amides is 1. The predicted octanol–water partition coefficient (Wildman–Crippen LogP) is 3.16. The number of hydrogen-bond donors (Lipinski definition) is 0. The predicted molar refractivity (Wildman–Crippen MR) is 102 cm³/mol. The molecule has 1 amide bonds. The summed E-state index contributed by atoms with van der Waals surface area (Å²) < 4.78 is 11.7. The second kappa shape index (κ2) is 6.87. The molecule has 138 valence electrons. The van der Waals surface area contributed by atoms with Crippen LogP contribution in [0.5, 0.6) is 11.5 Å². The summed E-state index contributed by atoms with van der Waals surface area (Å²) in [5.41, 5.74) is 3.86. The number of likely N-dealkylation sites (N-methyl/N-ethyl adjacent to an activating group) is 1. The third-order valence-electron chi connectivity index (χ3n) is 4.71. The van der Waals surface area contributed by atoms with Crippen molar-refractivity contribution in [3.63, 3.8) is 0 Å². The van der Waals surface area contributed by atoms with Gasteiger partial charge in [0.2, 0.25) is 0 Å². The van der Waals surface area contributed by atoms with E-state index < -0.39 is 0 Å². The zero-order chi connectivity index (χ0) is 19.0. The molecule has 0 bridgehead atoms. The highest BCUT2D eigenvalue weighted by Crippen LogP contribution is 2.31. The van der Waals surface area contributed by atoms with Gasteiger partial charge in [-0.1, -0.05) is 12.1 Å². The molecule has 0 spiro atoms. The van der Waals surface area contributed by atoms with E-state index >= 15 is 0 Å². The van der Waals surface area contributed by atoms with Crippen LogP contribution in [0.4, 0.5) is 0 Å². The number of aryl methyl sites for hydroxylation is 2. The highest BCUT2D eigenvalue weighted by molar-refractivity contribution is 5.97. The SMILES string of the molecule is Cc1nc2ccc(C(=O)N(C)C[C@@H]3COc4ccccc4O3)cc2nc1C. The lowest BCUT2D eigenvalue weighted by molar-refractivity contribution is 0.0521. The lowest BCUT2D eigenvalue weighted by atomic mass is 10.1. The van der Waals surface area contributed by atoms with Crippen molar-refractivity contribution < 1.29 is 14.3 Å².